The van der Waals surface area contributed by atoms with Crippen LogP contribution in [0.25, 0.3) is 5.69 Å². The van der Waals surface area contributed by atoms with Gasteiger partial charge in [-0.2, -0.15) is 0 Å². The SMILES string of the molecule is [CH][CH]c1cccn1-c1ccccc1. The smallest absolute Gasteiger partial charge is 0.0452 e. The molecule has 2 aromatic rings. The Hall–Kier alpha value is -1.50. The molecule has 0 unspecified atom stereocenters. The molecule has 0 saturated carbocycles. The predicted octanol–water partition coefficient (Wildman–Crippen LogP) is 2.74. The van der Waals surface area contributed by atoms with E-state index < -0.39 is 0 Å². The quantitative estimate of drug-likeness (QED) is 0.649. The molecular weight excluding hydrogens is 158 g/mol. The van der Waals surface area contributed by atoms with Gasteiger partial charge in [0.05, 0.1) is 0 Å². The van der Waals surface area contributed by atoms with Gasteiger partial charge in [-0.15, -0.1) is 0 Å². The Labute approximate surface area is 78.6 Å². The molecule has 13 heavy (non-hydrogen) atoms. The van der Waals surface area contributed by atoms with E-state index in [1.54, 1.807) is 6.42 Å². The molecule has 0 atom stereocenters. The Morgan fingerprint density at radius 1 is 1.00 bits per heavy atom. The number of benzene rings is 1. The fourth-order valence-corrected chi connectivity index (χ4v) is 1.35. The molecule has 0 fully saturated rings. The first kappa shape index (κ1) is 8.11. The Kier molecular flexibility index (Phi) is 2.17. The lowest BCUT2D eigenvalue weighted by Gasteiger charge is -2.06. The van der Waals surface area contributed by atoms with Gasteiger partial charge in [0.25, 0.3) is 0 Å². The standard InChI is InChI=1S/C12H10N/c1-2-11-9-6-10-13(11)12-7-4-3-5-8-12/h1-10H. The molecule has 0 saturated heterocycles. The monoisotopic (exact) mass is 168 g/mol. The molecular formula is C12H10N. The van der Waals surface area contributed by atoms with E-state index in [0.29, 0.717) is 0 Å². The number of hydrogen-bond acceptors (Lipinski definition) is 0. The normalized spacial score (nSPS) is 10.2. The molecule has 63 valence electrons. The number of para-hydroxylation sites is 1. The van der Waals surface area contributed by atoms with Crippen LogP contribution in [0, 0.1) is 13.3 Å². The Morgan fingerprint density at radius 3 is 2.46 bits per heavy atom. The molecule has 0 aliphatic rings. The highest BCUT2D eigenvalue weighted by molar-refractivity contribution is 5.36. The second-order valence-electron chi connectivity index (χ2n) is 2.81. The third-order valence-electron chi connectivity index (χ3n) is 1.99. The minimum absolute atomic E-state index is 1.01. The predicted molar refractivity (Wildman–Crippen MR) is 53.5 cm³/mol. The molecule has 1 heterocycles. The van der Waals surface area contributed by atoms with E-state index in [0.717, 1.165) is 11.4 Å². The Bertz CT molecular complexity index is 373. The van der Waals surface area contributed by atoms with Gasteiger partial charge in [-0.25, -0.2) is 0 Å². The van der Waals surface area contributed by atoms with E-state index in [1.807, 2.05) is 53.2 Å². The minimum Gasteiger partial charge on any atom is -0.321 e. The average Bonchev–Trinajstić information content (AvgIpc) is 2.67. The Morgan fingerprint density at radius 2 is 1.77 bits per heavy atom. The van der Waals surface area contributed by atoms with E-state index in [9.17, 15) is 0 Å². The second-order valence-corrected chi connectivity index (χ2v) is 2.81. The van der Waals surface area contributed by atoms with Crippen LogP contribution in [0.3, 0.4) is 0 Å². The maximum atomic E-state index is 5.49. The first-order valence-corrected chi connectivity index (χ1v) is 4.19. The molecule has 1 nitrogen and oxygen atoms in total. The molecule has 0 bridgehead atoms. The molecule has 3 radical (unpaired) electrons. The molecule has 0 aliphatic carbocycles. The number of rotatable bonds is 2. The lowest BCUT2D eigenvalue weighted by Crippen LogP contribution is -1.95. The summed E-state index contributed by atoms with van der Waals surface area (Å²) in [6.45, 7) is 5.49. The van der Waals surface area contributed by atoms with Crippen molar-refractivity contribution in [3.05, 3.63) is 67.7 Å². The van der Waals surface area contributed by atoms with Gasteiger partial charge in [0, 0.05) is 24.0 Å². The molecule has 1 aromatic heterocycles. The van der Waals surface area contributed by atoms with Crippen molar-refractivity contribution in [2.45, 2.75) is 0 Å². The van der Waals surface area contributed by atoms with Crippen LogP contribution in [-0.2, 0) is 0 Å². The summed E-state index contributed by atoms with van der Waals surface area (Å²) >= 11 is 0. The van der Waals surface area contributed by atoms with Gasteiger partial charge in [-0.3, -0.25) is 0 Å². The van der Waals surface area contributed by atoms with E-state index in [2.05, 4.69) is 0 Å². The maximum Gasteiger partial charge on any atom is 0.0452 e. The topological polar surface area (TPSA) is 4.93 Å². The molecule has 1 aromatic carbocycles. The number of nitrogens with zero attached hydrogens (tertiary/aromatic N) is 1. The van der Waals surface area contributed by atoms with Crippen LogP contribution >= 0.6 is 0 Å². The van der Waals surface area contributed by atoms with Crippen LogP contribution < -0.4 is 0 Å². The van der Waals surface area contributed by atoms with Gasteiger partial charge in [0.2, 0.25) is 0 Å². The van der Waals surface area contributed by atoms with Crippen molar-refractivity contribution in [1.29, 1.82) is 0 Å². The largest absolute Gasteiger partial charge is 0.321 e. The summed E-state index contributed by atoms with van der Waals surface area (Å²) < 4.78 is 2.04. The Balaban J connectivity index is 2.47. The molecule has 0 N–H and O–H groups in total. The highest BCUT2D eigenvalue weighted by Crippen LogP contribution is 2.12. The van der Waals surface area contributed by atoms with Crippen molar-refractivity contribution < 1.29 is 0 Å². The van der Waals surface area contributed by atoms with E-state index >= 15 is 0 Å². The van der Waals surface area contributed by atoms with E-state index in [-0.39, 0.29) is 0 Å². The number of hydrogen-bond donors (Lipinski definition) is 0. The fraction of sp³-hybridized carbons (Fsp3) is 0. The zero-order valence-electron chi connectivity index (χ0n) is 7.22. The van der Waals surface area contributed by atoms with Gasteiger partial charge >= 0.3 is 0 Å². The summed E-state index contributed by atoms with van der Waals surface area (Å²) in [5, 5.41) is 0. The van der Waals surface area contributed by atoms with Crippen LogP contribution in [0.5, 0.6) is 0 Å². The van der Waals surface area contributed by atoms with Crippen LogP contribution in [0.1, 0.15) is 5.69 Å². The summed E-state index contributed by atoms with van der Waals surface area (Å²) in [5.41, 5.74) is 2.13. The van der Waals surface area contributed by atoms with E-state index in [1.165, 1.54) is 0 Å². The molecule has 0 aliphatic heterocycles. The lowest BCUT2D eigenvalue weighted by atomic mass is 10.3. The summed E-state index contributed by atoms with van der Waals surface area (Å²) in [7, 11) is 0. The zero-order chi connectivity index (χ0) is 9.10. The van der Waals surface area contributed by atoms with Crippen LogP contribution in [-0.4, -0.2) is 4.57 Å². The van der Waals surface area contributed by atoms with Crippen molar-refractivity contribution in [3.63, 3.8) is 0 Å². The highest BCUT2D eigenvalue weighted by Gasteiger charge is 1.99. The van der Waals surface area contributed by atoms with Crippen molar-refractivity contribution in [3.8, 4) is 5.69 Å². The lowest BCUT2D eigenvalue weighted by molar-refractivity contribution is 1.03. The maximum absolute atomic E-state index is 5.49. The summed E-state index contributed by atoms with van der Waals surface area (Å²) in [5.74, 6) is 0. The molecule has 1 heteroatoms. The van der Waals surface area contributed by atoms with Gasteiger partial charge in [-0.05, 0) is 31.2 Å². The van der Waals surface area contributed by atoms with Gasteiger partial charge in [0.1, 0.15) is 0 Å². The van der Waals surface area contributed by atoms with Crippen LogP contribution in [0.2, 0.25) is 0 Å². The summed E-state index contributed by atoms with van der Waals surface area (Å²) in [4.78, 5) is 0. The van der Waals surface area contributed by atoms with Crippen molar-refractivity contribution in [2.75, 3.05) is 0 Å². The van der Waals surface area contributed by atoms with Crippen molar-refractivity contribution in [1.82, 2.24) is 4.57 Å². The third kappa shape index (κ3) is 1.50. The minimum atomic E-state index is 1.01. The molecule has 0 amide bonds. The molecule has 0 spiro atoms. The van der Waals surface area contributed by atoms with Crippen LogP contribution in [0.15, 0.2) is 48.7 Å². The fourth-order valence-electron chi connectivity index (χ4n) is 1.35. The zero-order valence-corrected chi connectivity index (χ0v) is 7.22. The van der Waals surface area contributed by atoms with Crippen LogP contribution in [0.4, 0.5) is 0 Å². The highest BCUT2D eigenvalue weighted by atomic mass is 15.0. The first-order chi connectivity index (χ1) is 6.42. The van der Waals surface area contributed by atoms with Gasteiger partial charge in [0.15, 0.2) is 0 Å². The molecule has 2 rings (SSSR count). The van der Waals surface area contributed by atoms with Crippen molar-refractivity contribution in [2.24, 2.45) is 0 Å². The van der Waals surface area contributed by atoms with E-state index in [4.69, 9.17) is 6.92 Å². The summed E-state index contributed by atoms with van der Waals surface area (Å²) in [6.07, 6.45) is 3.60. The van der Waals surface area contributed by atoms with Gasteiger partial charge in [-0.1, -0.05) is 18.2 Å². The van der Waals surface area contributed by atoms with Gasteiger partial charge < -0.3 is 4.57 Å². The second kappa shape index (κ2) is 3.48. The number of aromatic nitrogens is 1. The summed E-state index contributed by atoms with van der Waals surface area (Å²) in [6, 6.07) is 14.1. The average molecular weight is 168 g/mol. The third-order valence-corrected chi connectivity index (χ3v) is 1.99. The van der Waals surface area contributed by atoms with Crippen molar-refractivity contribution >= 4 is 0 Å². The first-order valence-electron chi connectivity index (χ1n) is 4.19.